The van der Waals surface area contributed by atoms with Crippen LogP contribution in [0.15, 0.2) is 42.5 Å². The lowest BCUT2D eigenvalue weighted by Gasteiger charge is -2.09. The van der Waals surface area contributed by atoms with Crippen molar-refractivity contribution >= 4 is 24.0 Å². The molecular weight excluding hydrogens is 413 g/mol. The molecule has 160 valence electrons. The summed E-state index contributed by atoms with van der Waals surface area (Å²) in [5.41, 5.74) is 7.54. The zero-order valence-electron chi connectivity index (χ0n) is 16.4. The molecule has 4 N–H and O–H groups in total. The third kappa shape index (κ3) is 6.07. The van der Waals surface area contributed by atoms with E-state index < -0.39 is 5.82 Å². The van der Waals surface area contributed by atoms with E-state index in [9.17, 15) is 9.18 Å². The minimum Gasteiger partial charge on any atom is -0.382 e. The van der Waals surface area contributed by atoms with Crippen LogP contribution in [0.3, 0.4) is 0 Å². The predicted molar refractivity (Wildman–Crippen MR) is 113 cm³/mol. The summed E-state index contributed by atoms with van der Waals surface area (Å²) in [5, 5.41) is 9.63. The summed E-state index contributed by atoms with van der Waals surface area (Å²) < 4.78 is 24.2. The third-order valence-corrected chi connectivity index (χ3v) is 4.12. The fraction of sp³-hybridized carbons (Fsp3) is 0.250. The number of anilines is 1. The van der Waals surface area contributed by atoms with E-state index in [4.69, 9.17) is 15.2 Å². The van der Waals surface area contributed by atoms with E-state index in [0.717, 1.165) is 5.56 Å². The van der Waals surface area contributed by atoms with Gasteiger partial charge in [-0.1, -0.05) is 0 Å². The van der Waals surface area contributed by atoms with Crippen LogP contribution in [0.5, 0.6) is 0 Å². The Morgan fingerprint density at radius 3 is 2.63 bits per heavy atom. The summed E-state index contributed by atoms with van der Waals surface area (Å²) in [7, 11) is 1.56. The fourth-order valence-corrected chi connectivity index (χ4v) is 2.57. The van der Waals surface area contributed by atoms with Gasteiger partial charge in [0.25, 0.3) is 5.91 Å². The molecule has 0 radical (unpaired) electrons. The van der Waals surface area contributed by atoms with E-state index in [1.54, 1.807) is 31.4 Å². The first kappa shape index (κ1) is 23.4. The van der Waals surface area contributed by atoms with Crippen LogP contribution in [-0.4, -0.2) is 41.4 Å². The summed E-state index contributed by atoms with van der Waals surface area (Å²) in [6, 6.07) is 11.2. The molecule has 30 heavy (non-hydrogen) atoms. The number of nitrogens with zero attached hydrogens (tertiary/aromatic N) is 2. The van der Waals surface area contributed by atoms with Crippen LogP contribution in [0.1, 0.15) is 21.7 Å². The molecule has 0 bridgehead atoms. The number of aromatic amines is 1. The Morgan fingerprint density at radius 1 is 1.20 bits per heavy atom. The second kappa shape index (κ2) is 11.4. The Bertz CT molecular complexity index is 965. The number of rotatable bonds is 9. The molecule has 0 fully saturated rings. The van der Waals surface area contributed by atoms with Crippen molar-refractivity contribution in [3.63, 3.8) is 0 Å². The lowest BCUT2D eigenvalue weighted by atomic mass is 10.1. The minimum atomic E-state index is -0.424. The van der Waals surface area contributed by atoms with Gasteiger partial charge in [0.05, 0.1) is 26.4 Å². The Kier molecular flexibility index (Phi) is 8.88. The SMILES string of the molecule is COCCOCc1cc(C(=O)Nc2ccc(-c3n[nH]c(CN)n3)cc2)ccc1F.Cl. The highest BCUT2D eigenvalue weighted by Gasteiger charge is 2.11. The second-order valence-corrected chi connectivity index (χ2v) is 6.19. The Morgan fingerprint density at radius 2 is 1.97 bits per heavy atom. The molecule has 0 aliphatic rings. The number of aromatic nitrogens is 3. The quantitative estimate of drug-likeness (QED) is 0.445. The van der Waals surface area contributed by atoms with Gasteiger partial charge in [0.2, 0.25) is 0 Å². The normalized spacial score (nSPS) is 10.5. The molecular formula is C20H23ClFN5O3. The van der Waals surface area contributed by atoms with Gasteiger partial charge in [0, 0.05) is 29.5 Å². The first-order chi connectivity index (χ1) is 14.1. The first-order valence-electron chi connectivity index (χ1n) is 8.99. The molecule has 0 saturated carbocycles. The number of amides is 1. The van der Waals surface area contributed by atoms with Crippen LogP contribution in [0, 0.1) is 5.82 Å². The molecule has 1 heterocycles. The summed E-state index contributed by atoms with van der Waals surface area (Å²) >= 11 is 0. The van der Waals surface area contributed by atoms with E-state index in [0.29, 0.717) is 41.7 Å². The fourth-order valence-electron chi connectivity index (χ4n) is 2.57. The summed E-state index contributed by atoms with van der Waals surface area (Å²) in [6.45, 7) is 1.10. The highest BCUT2D eigenvalue weighted by molar-refractivity contribution is 6.04. The molecule has 0 unspecified atom stereocenters. The third-order valence-electron chi connectivity index (χ3n) is 4.12. The first-order valence-corrected chi connectivity index (χ1v) is 8.99. The molecule has 10 heteroatoms. The van der Waals surface area contributed by atoms with Crippen LogP contribution in [0.25, 0.3) is 11.4 Å². The molecule has 0 atom stereocenters. The second-order valence-electron chi connectivity index (χ2n) is 6.19. The van der Waals surface area contributed by atoms with Gasteiger partial charge < -0.3 is 20.5 Å². The van der Waals surface area contributed by atoms with Crippen molar-refractivity contribution in [2.45, 2.75) is 13.2 Å². The summed E-state index contributed by atoms with van der Waals surface area (Å²) in [5.74, 6) is 0.349. The van der Waals surface area contributed by atoms with Crippen LogP contribution < -0.4 is 11.1 Å². The number of nitrogens with two attached hydrogens (primary N) is 1. The average molecular weight is 436 g/mol. The van der Waals surface area contributed by atoms with Crippen LogP contribution in [0.2, 0.25) is 0 Å². The molecule has 1 aromatic heterocycles. The van der Waals surface area contributed by atoms with Crippen molar-refractivity contribution in [1.29, 1.82) is 0 Å². The minimum absolute atomic E-state index is 0. The van der Waals surface area contributed by atoms with Crippen molar-refractivity contribution in [3.05, 3.63) is 65.2 Å². The summed E-state index contributed by atoms with van der Waals surface area (Å²) in [4.78, 5) is 16.8. The van der Waals surface area contributed by atoms with Crippen molar-refractivity contribution in [3.8, 4) is 11.4 Å². The zero-order valence-corrected chi connectivity index (χ0v) is 17.2. The van der Waals surface area contributed by atoms with Gasteiger partial charge in [0.15, 0.2) is 5.82 Å². The molecule has 0 aliphatic carbocycles. The van der Waals surface area contributed by atoms with Crippen LogP contribution in [0.4, 0.5) is 10.1 Å². The zero-order chi connectivity index (χ0) is 20.6. The molecule has 8 nitrogen and oxygen atoms in total. The average Bonchev–Trinajstić information content (AvgIpc) is 3.22. The number of carbonyl (C=O) groups excluding carboxylic acids is 1. The molecule has 1 amide bonds. The standard InChI is InChI=1S/C20H22FN5O3.ClH/c1-28-8-9-29-12-15-10-14(4-7-17(15)21)20(27)23-16-5-2-13(3-6-16)19-24-18(11-22)25-26-19;/h2-7,10H,8-9,11-12,22H2,1H3,(H,23,27)(H,24,25,26);1H. The number of H-pyrrole nitrogens is 1. The Hall–Kier alpha value is -2.85. The predicted octanol–water partition coefficient (Wildman–Crippen LogP) is 2.91. The monoisotopic (exact) mass is 435 g/mol. The van der Waals surface area contributed by atoms with Gasteiger partial charge in [-0.25, -0.2) is 9.37 Å². The van der Waals surface area contributed by atoms with Gasteiger partial charge in [-0.15, -0.1) is 12.4 Å². The van der Waals surface area contributed by atoms with E-state index in [1.165, 1.54) is 18.2 Å². The van der Waals surface area contributed by atoms with Crippen molar-refractivity contribution in [1.82, 2.24) is 15.2 Å². The maximum Gasteiger partial charge on any atom is 0.255 e. The summed E-state index contributed by atoms with van der Waals surface area (Å²) in [6.07, 6.45) is 0. The number of methoxy groups -OCH3 is 1. The largest absolute Gasteiger partial charge is 0.382 e. The number of nitrogens with one attached hydrogen (secondary N) is 2. The highest BCUT2D eigenvalue weighted by atomic mass is 35.5. The molecule has 3 aromatic rings. The van der Waals surface area contributed by atoms with Gasteiger partial charge >= 0.3 is 0 Å². The number of hydrogen-bond donors (Lipinski definition) is 3. The topological polar surface area (TPSA) is 115 Å². The van der Waals surface area contributed by atoms with Crippen LogP contribution in [-0.2, 0) is 22.6 Å². The van der Waals surface area contributed by atoms with Crippen molar-refractivity contribution in [2.75, 3.05) is 25.6 Å². The van der Waals surface area contributed by atoms with Gasteiger partial charge in [-0.05, 0) is 42.5 Å². The molecule has 0 aliphatic heterocycles. The molecule has 0 saturated heterocycles. The van der Waals surface area contributed by atoms with E-state index in [1.807, 2.05) is 0 Å². The molecule has 0 spiro atoms. The smallest absolute Gasteiger partial charge is 0.255 e. The van der Waals surface area contributed by atoms with Gasteiger partial charge in [-0.3, -0.25) is 9.89 Å². The lowest BCUT2D eigenvalue weighted by molar-refractivity contribution is 0.0604. The van der Waals surface area contributed by atoms with Crippen LogP contribution >= 0.6 is 12.4 Å². The number of hydrogen-bond acceptors (Lipinski definition) is 6. The molecule has 2 aromatic carbocycles. The highest BCUT2D eigenvalue weighted by Crippen LogP contribution is 2.19. The Balaban J connectivity index is 0.00000320. The molecule has 3 rings (SSSR count). The maximum atomic E-state index is 13.9. The van der Waals surface area contributed by atoms with Crippen molar-refractivity contribution < 1.29 is 18.7 Å². The lowest BCUT2D eigenvalue weighted by Crippen LogP contribution is -2.13. The maximum absolute atomic E-state index is 13.9. The van der Waals surface area contributed by atoms with E-state index in [2.05, 4.69) is 20.5 Å². The Labute approximate surface area is 179 Å². The number of halogens is 2. The van der Waals surface area contributed by atoms with E-state index >= 15 is 0 Å². The number of carbonyl (C=O) groups is 1. The van der Waals surface area contributed by atoms with Gasteiger partial charge in [-0.2, -0.15) is 5.10 Å². The number of benzene rings is 2. The van der Waals surface area contributed by atoms with Gasteiger partial charge in [0.1, 0.15) is 11.6 Å². The van der Waals surface area contributed by atoms with E-state index in [-0.39, 0.29) is 31.5 Å². The van der Waals surface area contributed by atoms with Crippen molar-refractivity contribution in [2.24, 2.45) is 5.73 Å². The number of ether oxygens (including phenoxy) is 2.